The van der Waals surface area contributed by atoms with Crippen LogP contribution in [0.3, 0.4) is 0 Å². The first-order valence-corrected chi connectivity index (χ1v) is 22.8. The maximum atomic E-state index is 12.4. The Morgan fingerprint density at radius 3 is 1.82 bits per heavy atom. The summed E-state index contributed by atoms with van der Waals surface area (Å²) in [6.45, 7) is 26.6. The predicted octanol–water partition coefficient (Wildman–Crippen LogP) is 14.3. The Labute approximate surface area is 372 Å². The van der Waals surface area contributed by atoms with E-state index in [4.69, 9.17) is 26.5 Å². The second kappa shape index (κ2) is 21.1. The first kappa shape index (κ1) is 49.3. The second-order valence-electron chi connectivity index (χ2n) is 20.8. The highest BCUT2D eigenvalue weighted by Gasteiger charge is 2.34. The van der Waals surface area contributed by atoms with E-state index >= 15 is 0 Å². The fraction of sp³-hybridized carbons (Fsp3) is 0.528. The summed E-state index contributed by atoms with van der Waals surface area (Å²) in [6, 6.07) is 23.8. The fourth-order valence-corrected chi connectivity index (χ4v) is 9.28. The average Bonchev–Trinajstić information content (AvgIpc) is 3.57. The molecule has 4 aromatic carbocycles. The van der Waals surface area contributed by atoms with Crippen LogP contribution in [0.5, 0.6) is 11.5 Å². The Morgan fingerprint density at radius 1 is 0.689 bits per heavy atom. The molecule has 0 aliphatic heterocycles. The minimum atomic E-state index is -0.202. The van der Waals surface area contributed by atoms with Gasteiger partial charge < -0.3 is 14.9 Å². The van der Waals surface area contributed by atoms with Crippen LogP contribution in [-0.2, 0) is 33.2 Å². The number of ether oxygens (including phenoxy) is 1. The van der Waals surface area contributed by atoms with E-state index in [1.54, 1.807) is 16.9 Å². The Bertz CT molecular complexity index is 2140. The molecule has 5 rings (SSSR count). The van der Waals surface area contributed by atoms with Crippen molar-refractivity contribution in [2.45, 2.75) is 165 Å². The Hall–Kier alpha value is -4.36. The highest BCUT2D eigenvalue weighted by atomic mass is 35.5. The Kier molecular flexibility index (Phi) is 17.1. The van der Waals surface area contributed by atoms with Gasteiger partial charge in [0, 0.05) is 22.6 Å². The summed E-state index contributed by atoms with van der Waals surface area (Å²) >= 11 is 6.19. The van der Waals surface area contributed by atoms with Gasteiger partial charge in [0.25, 0.3) is 0 Å². The normalized spacial score (nSPS) is 12.3. The van der Waals surface area contributed by atoms with E-state index in [1.165, 1.54) is 31.2 Å². The molecular formula is C53H74ClN3O4. The van der Waals surface area contributed by atoms with E-state index in [-0.39, 0.29) is 27.6 Å². The molecule has 5 aromatic rings. The molecule has 0 radical (unpaired) electrons. The van der Waals surface area contributed by atoms with Crippen molar-refractivity contribution in [2.24, 2.45) is 10.8 Å². The lowest BCUT2D eigenvalue weighted by molar-refractivity contribution is -0.143. The fourth-order valence-electron chi connectivity index (χ4n) is 9.11. The number of nitrogens with zero attached hydrogens (tertiary/aromatic N) is 3. The molecule has 61 heavy (non-hydrogen) atoms. The van der Waals surface area contributed by atoms with Crippen molar-refractivity contribution in [1.82, 2.24) is 15.0 Å². The van der Waals surface area contributed by atoms with Crippen LogP contribution in [-0.4, -0.2) is 37.8 Å². The van der Waals surface area contributed by atoms with Crippen molar-refractivity contribution in [1.29, 1.82) is 0 Å². The van der Waals surface area contributed by atoms with Crippen molar-refractivity contribution >= 4 is 28.6 Å². The zero-order chi connectivity index (χ0) is 45.2. The number of aromatic hydroxyl groups is 2. The molecule has 0 spiro atoms. The lowest BCUT2D eigenvalue weighted by Gasteiger charge is -2.36. The molecule has 7 nitrogen and oxygen atoms in total. The molecule has 1 heterocycles. The average molecular weight is 853 g/mol. The van der Waals surface area contributed by atoms with Crippen molar-refractivity contribution in [2.75, 3.05) is 6.61 Å². The summed E-state index contributed by atoms with van der Waals surface area (Å²) < 4.78 is 5.49. The number of phenols is 2. The minimum absolute atomic E-state index is 0.140. The third kappa shape index (κ3) is 15.2. The number of phenolic OH excluding ortho intramolecular Hbond substituents is 2. The molecule has 2 N–H and O–H groups in total. The van der Waals surface area contributed by atoms with Gasteiger partial charge in [-0.05, 0) is 119 Å². The quantitative estimate of drug-likeness (QED) is 0.0549. The van der Waals surface area contributed by atoms with Crippen LogP contribution in [0.2, 0.25) is 5.02 Å². The molecule has 1 aromatic heterocycles. The summed E-state index contributed by atoms with van der Waals surface area (Å²) in [7, 11) is 0. The first-order valence-electron chi connectivity index (χ1n) is 22.4. The maximum absolute atomic E-state index is 12.4. The van der Waals surface area contributed by atoms with Gasteiger partial charge in [0.1, 0.15) is 22.5 Å². The molecule has 0 fully saturated rings. The van der Waals surface area contributed by atoms with Crippen LogP contribution in [0.4, 0.5) is 0 Å². The van der Waals surface area contributed by atoms with E-state index in [9.17, 15) is 15.0 Å². The van der Waals surface area contributed by atoms with Gasteiger partial charge in [0.15, 0.2) is 0 Å². The number of rotatable bonds is 17. The molecule has 0 atom stereocenters. The molecule has 0 amide bonds. The second-order valence-corrected chi connectivity index (χ2v) is 21.2. The smallest absolute Gasteiger partial charge is 0.306 e. The standard InChI is InChI=1S/C31H36ClN3O2.C22H38O2/c1-3-4-5-6-7-11-18-37-31(36)17-14-25-19-23(2)27(20-24-12-9-8-10-13-24)30(21-25)35-33-28-16-15-26(32)22-29(28)34-35;1-19(2,3)13-21(7,8)15-11-18(24)16(12-17(15)23)22(9,10)14-20(4,5)6/h8-10,12-13,15-16,19,21-22H,3-7,11,14,17-18,20H2,1-2H3;11-12,23-24H,13-14H2,1-10H3. The SMILES string of the molecule is CC(C)(C)CC(C)(C)c1cc(O)c(C(C)(C)CC(C)(C)C)cc1O.CCCCCCCCOC(=O)CCc1cc(C)c(Cc2ccccc2)c(-n2nc3ccc(Cl)cc3n2)c1. The van der Waals surface area contributed by atoms with E-state index in [0.29, 0.717) is 36.0 Å². The number of halogens is 1. The number of hydrogen-bond acceptors (Lipinski definition) is 6. The Balaban J connectivity index is 0.000000296. The number of aryl methyl sites for hydroxylation is 2. The highest BCUT2D eigenvalue weighted by Crippen LogP contribution is 2.46. The number of hydrogen-bond donors (Lipinski definition) is 2. The number of benzene rings is 4. The van der Waals surface area contributed by atoms with Gasteiger partial charge in [0.05, 0.1) is 12.3 Å². The number of carbonyl (C=O) groups excluding carboxylic acids is 1. The van der Waals surface area contributed by atoms with Gasteiger partial charge >= 0.3 is 5.97 Å². The highest BCUT2D eigenvalue weighted by molar-refractivity contribution is 6.31. The first-order chi connectivity index (χ1) is 28.5. The summed E-state index contributed by atoms with van der Waals surface area (Å²) in [5.41, 5.74) is 8.60. The molecule has 0 bridgehead atoms. The Morgan fingerprint density at radius 2 is 1.25 bits per heavy atom. The van der Waals surface area contributed by atoms with E-state index in [2.05, 4.69) is 119 Å². The molecular weight excluding hydrogens is 778 g/mol. The minimum Gasteiger partial charge on any atom is -0.508 e. The van der Waals surface area contributed by atoms with Crippen molar-refractivity contribution in [3.05, 3.63) is 111 Å². The zero-order valence-electron chi connectivity index (χ0n) is 39.3. The summed E-state index contributed by atoms with van der Waals surface area (Å²) in [5.74, 6) is 0.441. The number of esters is 1. The molecule has 0 aliphatic carbocycles. The molecule has 0 unspecified atom stereocenters. The number of fused-ring (bicyclic) bond motifs is 1. The maximum Gasteiger partial charge on any atom is 0.306 e. The van der Waals surface area contributed by atoms with Crippen LogP contribution in [0.15, 0.2) is 72.8 Å². The third-order valence-electron chi connectivity index (χ3n) is 11.2. The molecule has 0 saturated heterocycles. The van der Waals surface area contributed by atoms with Crippen LogP contribution >= 0.6 is 11.6 Å². The monoisotopic (exact) mass is 852 g/mol. The van der Waals surface area contributed by atoms with Crippen molar-refractivity contribution in [3.63, 3.8) is 0 Å². The van der Waals surface area contributed by atoms with E-state index in [0.717, 1.165) is 76.6 Å². The van der Waals surface area contributed by atoms with Crippen LogP contribution < -0.4 is 0 Å². The van der Waals surface area contributed by atoms with E-state index in [1.807, 2.05) is 24.3 Å². The molecule has 8 heteroatoms. The lowest BCUT2D eigenvalue weighted by Crippen LogP contribution is -2.27. The van der Waals surface area contributed by atoms with Crippen molar-refractivity contribution in [3.8, 4) is 17.2 Å². The number of unbranched alkanes of at least 4 members (excludes halogenated alkanes) is 5. The number of carbonyl (C=O) groups is 1. The molecule has 0 aliphatic rings. The van der Waals surface area contributed by atoms with E-state index < -0.39 is 0 Å². The van der Waals surface area contributed by atoms with Gasteiger partial charge in [-0.25, -0.2) is 0 Å². The molecule has 332 valence electrons. The number of aromatic nitrogens is 3. The van der Waals surface area contributed by atoms with Crippen LogP contribution in [0, 0.1) is 17.8 Å². The van der Waals surface area contributed by atoms with Gasteiger partial charge in [-0.15, -0.1) is 10.2 Å². The predicted molar refractivity (Wildman–Crippen MR) is 254 cm³/mol. The van der Waals surface area contributed by atoms with Crippen LogP contribution in [0.1, 0.15) is 167 Å². The van der Waals surface area contributed by atoms with Gasteiger partial charge in [-0.3, -0.25) is 4.79 Å². The third-order valence-corrected chi connectivity index (χ3v) is 11.4. The zero-order valence-corrected chi connectivity index (χ0v) is 40.1. The van der Waals surface area contributed by atoms with Crippen molar-refractivity contribution < 1.29 is 19.7 Å². The topological polar surface area (TPSA) is 97.5 Å². The lowest BCUT2D eigenvalue weighted by atomic mass is 9.69. The largest absolute Gasteiger partial charge is 0.508 e. The van der Waals surface area contributed by atoms with Crippen LogP contribution in [0.25, 0.3) is 16.7 Å². The molecule has 0 saturated carbocycles. The summed E-state index contributed by atoms with van der Waals surface area (Å²) in [4.78, 5) is 14.1. The van der Waals surface area contributed by atoms with Gasteiger partial charge in [-0.2, -0.15) is 4.80 Å². The van der Waals surface area contributed by atoms with Gasteiger partial charge in [0.2, 0.25) is 0 Å². The summed E-state index contributed by atoms with van der Waals surface area (Å²) in [6.07, 6.45) is 10.7. The summed E-state index contributed by atoms with van der Waals surface area (Å²) in [5, 5.41) is 31.5. The van der Waals surface area contributed by atoms with Gasteiger partial charge in [-0.1, -0.05) is 156 Å².